The molecule has 1 radical (unpaired) electrons. The van der Waals surface area contributed by atoms with Crippen LogP contribution in [0.4, 0.5) is 0 Å². The Kier molecular flexibility index (Phi) is 2.70. The van der Waals surface area contributed by atoms with Gasteiger partial charge in [-0.1, -0.05) is 0 Å². The number of carbonyl (C=O) groups is 1. The molecule has 0 saturated heterocycles. The zero-order valence-corrected chi connectivity index (χ0v) is 8.88. The number of benzene rings is 1. The van der Waals surface area contributed by atoms with Crippen LogP contribution >= 0.6 is 0 Å². The van der Waals surface area contributed by atoms with Crippen LogP contribution in [0.5, 0.6) is 0 Å². The van der Waals surface area contributed by atoms with E-state index in [2.05, 4.69) is 0 Å². The first-order chi connectivity index (χ1) is 5.11. The van der Waals surface area contributed by atoms with Crippen molar-refractivity contribution in [2.75, 3.05) is 0 Å². The van der Waals surface area contributed by atoms with Crippen LogP contribution in [0.3, 0.4) is 0 Å². The van der Waals surface area contributed by atoms with Crippen LogP contribution in [0.25, 0.3) is 0 Å². The van der Waals surface area contributed by atoms with Crippen LogP contribution in [0, 0.1) is 13.8 Å². The molecule has 1 aromatic rings. The molecule has 0 aromatic heterocycles. The van der Waals surface area contributed by atoms with Crippen molar-refractivity contribution >= 4 is 26.1 Å². The van der Waals surface area contributed by atoms with Crippen molar-refractivity contribution in [1.82, 2.24) is 0 Å². The van der Waals surface area contributed by atoms with Crippen molar-refractivity contribution in [3.63, 3.8) is 0 Å². The number of hydrogen-bond acceptors (Lipinski definition) is 1. The van der Waals surface area contributed by atoms with Gasteiger partial charge in [-0.3, -0.25) is 0 Å². The van der Waals surface area contributed by atoms with Crippen LogP contribution in [0.1, 0.15) is 21.5 Å². The van der Waals surface area contributed by atoms with Gasteiger partial charge in [-0.15, -0.1) is 0 Å². The van der Waals surface area contributed by atoms with Gasteiger partial charge in [0.1, 0.15) is 0 Å². The molecule has 0 saturated carbocycles. The summed E-state index contributed by atoms with van der Waals surface area (Å²) >= 11 is 1.52. The van der Waals surface area contributed by atoms with E-state index in [0.717, 1.165) is 5.56 Å². The average molecular weight is 261 g/mol. The summed E-state index contributed by atoms with van der Waals surface area (Å²) in [5.41, 5.74) is 3.22. The quantitative estimate of drug-likeness (QED) is 0.702. The van der Waals surface area contributed by atoms with E-state index in [4.69, 9.17) is 0 Å². The monoisotopic (exact) mass is 263 g/mol. The second-order valence-electron chi connectivity index (χ2n) is 2.59. The summed E-state index contributed by atoms with van der Waals surface area (Å²) in [4.78, 5) is 10.9. The minimum absolute atomic E-state index is 0.143. The second-order valence-corrected chi connectivity index (χ2v) is 3.64. The Morgan fingerprint density at radius 2 is 1.91 bits per heavy atom. The van der Waals surface area contributed by atoms with E-state index in [-0.39, 0.29) is 3.83 Å². The van der Waals surface area contributed by atoms with Crippen LogP contribution < -0.4 is 0 Å². The van der Waals surface area contributed by atoms with Crippen LogP contribution in [0.2, 0.25) is 0 Å². The molecule has 0 atom stereocenters. The Morgan fingerprint density at radius 1 is 1.27 bits per heavy atom. The van der Waals surface area contributed by atoms with Crippen molar-refractivity contribution in [2.45, 2.75) is 13.8 Å². The van der Waals surface area contributed by atoms with E-state index < -0.39 is 0 Å². The van der Waals surface area contributed by atoms with Gasteiger partial charge >= 0.3 is 79.7 Å². The molecule has 0 aliphatic rings. The van der Waals surface area contributed by atoms with Gasteiger partial charge in [0.2, 0.25) is 0 Å². The van der Waals surface area contributed by atoms with E-state index in [1.54, 1.807) is 0 Å². The van der Waals surface area contributed by atoms with E-state index in [9.17, 15) is 4.79 Å². The van der Waals surface area contributed by atoms with Gasteiger partial charge in [-0.2, -0.15) is 0 Å². The SMILES string of the molecule is Cc1ccc(C(=O)[Te])cc1C. The van der Waals surface area contributed by atoms with Crippen LogP contribution in [0.15, 0.2) is 18.2 Å². The van der Waals surface area contributed by atoms with Gasteiger partial charge < -0.3 is 0 Å². The third-order valence-corrected chi connectivity index (χ3v) is 2.42. The Hall–Kier alpha value is -0.320. The maximum atomic E-state index is 10.9. The van der Waals surface area contributed by atoms with Crippen molar-refractivity contribution in [1.29, 1.82) is 0 Å². The first-order valence-corrected chi connectivity index (χ1v) is 4.56. The Bertz CT molecular complexity index is 292. The third-order valence-electron chi connectivity index (χ3n) is 1.74. The maximum absolute atomic E-state index is 10.9. The van der Waals surface area contributed by atoms with E-state index in [0.29, 0.717) is 0 Å². The molecule has 0 spiro atoms. The zero-order chi connectivity index (χ0) is 8.43. The molecule has 1 nitrogen and oxygen atoms in total. The molecule has 0 aliphatic carbocycles. The molecule has 1 rings (SSSR count). The molecule has 0 amide bonds. The van der Waals surface area contributed by atoms with Gasteiger partial charge in [0.15, 0.2) is 0 Å². The molecule has 0 heterocycles. The van der Waals surface area contributed by atoms with Crippen LogP contribution in [-0.2, 0) is 0 Å². The molecule has 0 unspecified atom stereocenters. The fourth-order valence-corrected chi connectivity index (χ4v) is 1.23. The summed E-state index contributed by atoms with van der Waals surface area (Å²) < 4.78 is 0.143. The number of rotatable bonds is 1. The van der Waals surface area contributed by atoms with Crippen molar-refractivity contribution < 1.29 is 4.79 Å². The fraction of sp³-hybridized carbons (Fsp3) is 0.222. The Morgan fingerprint density at radius 3 is 2.36 bits per heavy atom. The molecule has 0 bridgehead atoms. The van der Waals surface area contributed by atoms with Crippen molar-refractivity contribution in [3.8, 4) is 0 Å². The van der Waals surface area contributed by atoms with Crippen LogP contribution in [-0.4, -0.2) is 26.1 Å². The summed E-state index contributed by atoms with van der Waals surface area (Å²) in [7, 11) is 0. The molecule has 0 fully saturated rings. The van der Waals surface area contributed by atoms with Gasteiger partial charge in [0, 0.05) is 0 Å². The number of carbonyl (C=O) groups excluding carboxylic acids is 1. The molecule has 1 aromatic carbocycles. The van der Waals surface area contributed by atoms with E-state index in [1.165, 1.54) is 33.4 Å². The first-order valence-electron chi connectivity index (χ1n) is 3.40. The summed E-state index contributed by atoms with van der Waals surface area (Å²) in [6.45, 7) is 4.06. The van der Waals surface area contributed by atoms with Crippen molar-refractivity contribution in [3.05, 3.63) is 34.9 Å². The first kappa shape index (κ1) is 8.77. The summed E-state index contributed by atoms with van der Waals surface area (Å²) in [6, 6.07) is 5.78. The minimum atomic E-state index is 0.143. The predicted molar refractivity (Wildman–Crippen MR) is 46.0 cm³/mol. The predicted octanol–water partition coefficient (Wildman–Crippen LogP) is 1.61. The Balaban J connectivity index is 3.15. The molecule has 11 heavy (non-hydrogen) atoms. The summed E-state index contributed by atoms with van der Waals surface area (Å²) in [5.74, 6) is 0. The summed E-state index contributed by atoms with van der Waals surface area (Å²) in [5, 5.41) is 0. The number of hydrogen-bond donors (Lipinski definition) is 0. The van der Waals surface area contributed by atoms with Crippen molar-refractivity contribution in [2.24, 2.45) is 0 Å². The van der Waals surface area contributed by atoms with E-state index in [1.807, 2.05) is 32.0 Å². The van der Waals surface area contributed by atoms with E-state index >= 15 is 0 Å². The normalized spacial score (nSPS) is 9.64. The topological polar surface area (TPSA) is 17.1 Å². The molecule has 0 aliphatic heterocycles. The molecular formula is C9H9OTe. The van der Waals surface area contributed by atoms with Gasteiger partial charge in [0.05, 0.1) is 0 Å². The average Bonchev–Trinajstić information content (AvgIpc) is 1.94. The standard InChI is InChI=1S/C9H9OTe/c1-6-3-4-8(9(10)11)5-7(6)2/h3-5H,1-2H3. The second kappa shape index (κ2) is 3.38. The molecule has 0 N–H and O–H groups in total. The van der Waals surface area contributed by atoms with Gasteiger partial charge in [0.25, 0.3) is 0 Å². The zero-order valence-electron chi connectivity index (χ0n) is 6.55. The molecule has 57 valence electrons. The fourth-order valence-electron chi connectivity index (χ4n) is 0.868. The van der Waals surface area contributed by atoms with Gasteiger partial charge in [-0.05, 0) is 0 Å². The summed E-state index contributed by atoms with van der Waals surface area (Å²) in [6.07, 6.45) is 0. The molecular weight excluding hydrogens is 252 g/mol. The van der Waals surface area contributed by atoms with Gasteiger partial charge in [-0.25, -0.2) is 0 Å². The number of aryl methyl sites for hydroxylation is 2. The third kappa shape index (κ3) is 2.05. The molecule has 2 heteroatoms. The Labute approximate surface area is 79.7 Å².